The number of likely N-dealkylation sites (tertiary alicyclic amines) is 1. The summed E-state index contributed by atoms with van der Waals surface area (Å²) in [6.45, 7) is 0.579. The van der Waals surface area contributed by atoms with Crippen LogP contribution in [0, 0.1) is 0 Å². The van der Waals surface area contributed by atoms with Crippen LogP contribution in [0.2, 0.25) is 0 Å². The molecule has 1 fully saturated rings. The fourth-order valence-electron chi connectivity index (χ4n) is 3.53. The van der Waals surface area contributed by atoms with Gasteiger partial charge in [-0.1, -0.05) is 91.0 Å². The molecule has 1 amide bonds. The first-order valence-electron chi connectivity index (χ1n) is 10.3. The number of nitrogens with zero attached hydrogens (tertiary/aromatic N) is 1. The third-order valence-electron chi connectivity index (χ3n) is 5.12. The minimum Gasteiger partial charge on any atom is -0.330 e. The minimum absolute atomic E-state index is 0.0104. The van der Waals surface area contributed by atoms with Gasteiger partial charge in [-0.15, -0.1) is 0 Å². The maximum absolute atomic E-state index is 13.2. The summed E-state index contributed by atoms with van der Waals surface area (Å²) in [6, 6.07) is 29.2. The van der Waals surface area contributed by atoms with Crippen molar-refractivity contribution >= 4 is 29.9 Å². The largest absolute Gasteiger partial charge is 0.330 e. The zero-order valence-corrected chi connectivity index (χ0v) is 17.1. The third kappa shape index (κ3) is 5.34. The van der Waals surface area contributed by atoms with Crippen LogP contribution in [-0.2, 0) is 9.59 Å². The molecule has 0 radical (unpaired) electrons. The zero-order chi connectivity index (χ0) is 21.5. The lowest BCUT2D eigenvalue weighted by molar-refractivity contribution is -0.126. The third-order valence-corrected chi connectivity index (χ3v) is 5.12. The Morgan fingerprint density at radius 2 is 1.06 bits per heavy atom. The van der Waals surface area contributed by atoms with Gasteiger partial charge in [0.05, 0.1) is 13.1 Å². The molecule has 0 aliphatic carbocycles. The average Bonchev–Trinajstić information content (AvgIpc) is 2.82. The van der Waals surface area contributed by atoms with E-state index in [-0.39, 0.29) is 24.8 Å². The van der Waals surface area contributed by atoms with Crippen LogP contribution in [0.3, 0.4) is 0 Å². The first kappa shape index (κ1) is 20.3. The standard InChI is InChI=1S/C28H23NO2/c30-27(17-16-22-10-4-1-5-11-22)29-20-25(18-23-12-6-2-7-13-23)28(31)26(21-29)19-24-14-8-3-9-15-24/h1-19H,20-21H2/b17-16?,25-18+,26-19+. The molecular weight excluding hydrogens is 382 g/mol. The van der Waals surface area contributed by atoms with Gasteiger partial charge in [-0.2, -0.15) is 0 Å². The Morgan fingerprint density at radius 1 is 0.645 bits per heavy atom. The topological polar surface area (TPSA) is 37.4 Å². The van der Waals surface area contributed by atoms with Crippen molar-refractivity contribution in [3.63, 3.8) is 0 Å². The van der Waals surface area contributed by atoms with Gasteiger partial charge in [0.15, 0.2) is 5.78 Å². The number of piperidine rings is 1. The first-order valence-corrected chi connectivity index (χ1v) is 10.3. The number of benzene rings is 3. The number of carbonyl (C=O) groups excluding carboxylic acids is 2. The molecule has 3 heteroatoms. The van der Waals surface area contributed by atoms with Crippen LogP contribution >= 0.6 is 0 Å². The summed E-state index contributed by atoms with van der Waals surface area (Å²) < 4.78 is 0. The van der Waals surface area contributed by atoms with E-state index in [0.717, 1.165) is 16.7 Å². The predicted molar refractivity (Wildman–Crippen MR) is 126 cm³/mol. The van der Waals surface area contributed by atoms with Gasteiger partial charge in [-0.3, -0.25) is 9.59 Å². The van der Waals surface area contributed by atoms with Gasteiger partial charge in [-0.05, 0) is 34.9 Å². The van der Waals surface area contributed by atoms with Crippen LogP contribution in [0.25, 0.3) is 18.2 Å². The van der Waals surface area contributed by atoms with Gasteiger partial charge in [0.1, 0.15) is 0 Å². The molecule has 0 N–H and O–H groups in total. The Morgan fingerprint density at radius 3 is 1.52 bits per heavy atom. The molecule has 0 spiro atoms. The molecule has 1 saturated heterocycles. The molecule has 3 aromatic rings. The van der Waals surface area contributed by atoms with Crippen molar-refractivity contribution in [3.8, 4) is 0 Å². The van der Waals surface area contributed by atoms with Crippen molar-refractivity contribution in [2.24, 2.45) is 0 Å². The smallest absolute Gasteiger partial charge is 0.247 e. The molecule has 3 nitrogen and oxygen atoms in total. The molecule has 0 atom stereocenters. The number of hydrogen-bond donors (Lipinski definition) is 0. The van der Waals surface area contributed by atoms with E-state index in [0.29, 0.717) is 11.1 Å². The predicted octanol–water partition coefficient (Wildman–Crippen LogP) is 5.28. The van der Waals surface area contributed by atoms with Crippen LogP contribution in [-0.4, -0.2) is 29.7 Å². The van der Waals surface area contributed by atoms with Crippen molar-refractivity contribution in [2.45, 2.75) is 0 Å². The van der Waals surface area contributed by atoms with Crippen LogP contribution in [0.4, 0.5) is 0 Å². The number of Topliss-reactive ketones (excluding diaryl/α,β-unsaturated/α-hetero) is 1. The second-order valence-corrected chi connectivity index (χ2v) is 7.43. The normalized spacial score (nSPS) is 16.9. The summed E-state index contributed by atoms with van der Waals surface area (Å²) in [5.74, 6) is -0.127. The Hall–Kier alpha value is -3.98. The lowest BCUT2D eigenvalue weighted by atomic mass is 9.94. The van der Waals surface area contributed by atoms with Crippen molar-refractivity contribution in [1.82, 2.24) is 4.90 Å². The summed E-state index contributed by atoms with van der Waals surface area (Å²) in [4.78, 5) is 27.8. The van der Waals surface area contributed by atoms with Gasteiger partial charge >= 0.3 is 0 Å². The molecule has 1 heterocycles. The van der Waals surface area contributed by atoms with Crippen LogP contribution in [0.1, 0.15) is 16.7 Å². The molecule has 31 heavy (non-hydrogen) atoms. The Bertz CT molecular complexity index is 1080. The second-order valence-electron chi connectivity index (χ2n) is 7.43. The molecule has 0 saturated carbocycles. The maximum atomic E-state index is 13.2. The highest BCUT2D eigenvalue weighted by Crippen LogP contribution is 2.22. The monoisotopic (exact) mass is 405 g/mol. The molecular formula is C28H23NO2. The quantitative estimate of drug-likeness (QED) is 0.554. The highest BCUT2D eigenvalue weighted by molar-refractivity contribution is 6.15. The van der Waals surface area contributed by atoms with E-state index in [1.807, 2.05) is 103 Å². The SMILES string of the molecule is O=C1/C(=C/c2ccccc2)CN(C(=O)C=Cc2ccccc2)C/C1=C\c1ccccc1. The van der Waals surface area contributed by atoms with E-state index in [4.69, 9.17) is 0 Å². The highest BCUT2D eigenvalue weighted by Gasteiger charge is 2.28. The molecule has 4 rings (SSSR count). The summed E-state index contributed by atoms with van der Waals surface area (Å²) in [5.41, 5.74) is 4.07. The highest BCUT2D eigenvalue weighted by atomic mass is 16.2. The lowest BCUT2D eigenvalue weighted by Crippen LogP contribution is -2.40. The van der Waals surface area contributed by atoms with E-state index < -0.39 is 0 Å². The summed E-state index contributed by atoms with van der Waals surface area (Å²) >= 11 is 0. The number of carbonyl (C=O) groups is 2. The second kappa shape index (κ2) is 9.68. The number of hydrogen-bond acceptors (Lipinski definition) is 2. The molecule has 152 valence electrons. The van der Waals surface area contributed by atoms with Gasteiger partial charge in [0.25, 0.3) is 0 Å². The van der Waals surface area contributed by atoms with Crippen molar-refractivity contribution in [2.75, 3.05) is 13.1 Å². The first-order chi connectivity index (χ1) is 15.2. The van der Waals surface area contributed by atoms with E-state index in [1.165, 1.54) is 0 Å². The van der Waals surface area contributed by atoms with E-state index in [1.54, 1.807) is 17.1 Å². The Balaban J connectivity index is 1.64. The fourth-order valence-corrected chi connectivity index (χ4v) is 3.53. The molecule has 0 bridgehead atoms. The molecule has 3 aromatic carbocycles. The maximum Gasteiger partial charge on any atom is 0.247 e. The van der Waals surface area contributed by atoms with Gasteiger partial charge in [0, 0.05) is 17.2 Å². The van der Waals surface area contributed by atoms with Gasteiger partial charge in [0.2, 0.25) is 5.91 Å². The Kier molecular flexibility index (Phi) is 6.34. The molecule has 1 aliphatic rings. The van der Waals surface area contributed by atoms with Crippen molar-refractivity contribution in [1.29, 1.82) is 0 Å². The minimum atomic E-state index is -0.116. The molecule has 1 aliphatic heterocycles. The van der Waals surface area contributed by atoms with E-state index in [2.05, 4.69) is 0 Å². The van der Waals surface area contributed by atoms with Crippen LogP contribution in [0.15, 0.2) is 108 Å². The number of ketones is 1. The number of rotatable bonds is 4. The summed E-state index contributed by atoms with van der Waals surface area (Å²) in [5, 5.41) is 0. The van der Waals surface area contributed by atoms with Crippen LogP contribution < -0.4 is 0 Å². The van der Waals surface area contributed by atoms with Crippen molar-refractivity contribution in [3.05, 3.63) is 125 Å². The van der Waals surface area contributed by atoms with Gasteiger partial charge in [-0.25, -0.2) is 0 Å². The zero-order valence-electron chi connectivity index (χ0n) is 17.1. The summed E-state index contributed by atoms with van der Waals surface area (Å²) in [6.07, 6.45) is 7.13. The fraction of sp³-hybridized carbons (Fsp3) is 0.0714. The van der Waals surface area contributed by atoms with E-state index in [9.17, 15) is 9.59 Å². The molecule has 0 unspecified atom stereocenters. The van der Waals surface area contributed by atoms with Crippen LogP contribution in [0.5, 0.6) is 0 Å². The molecule has 0 aromatic heterocycles. The van der Waals surface area contributed by atoms with Crippen molar-refractivity contribution < 1.29 is 9.59 Å². The summed E-state index contributed by atoms with van der Waals surface area (Å²) in [7, 11) is 0. The Labute approximate surface area is 182 Å². The lowest BCUT2D eigenvalue weighted by Gasteiger charge is -2.29. The average molecular weight is 405 g/mol. The number of amides is 1. The van der Waals surface area contributed by atoms with Gasteiger partial charge < -0.3 is 4.90 Å². The van der Waals surface area contributed by atoms with E-state index >= 15 is 0 Å².